The van der Waals surface area contributed by atoms with Gasteiger partial charge in [-0.25, -0.2) is 0 Å². The summed E-state index contributed by atoms with van der Waals surface area (Å²) in [4.78, 5) is 10.3. The first-order chi connectivity index (χ1) is 8.59. The number of hydrogen-bond donors (Lipinski definition) is 2. The lowest BCUT2D eigenvalue weighted by Crippen LogP contribution is -1.97. The maximum Gasteiger partial charge on any atom is 0.276 e. The van der Waals surface area contributed by atoms with Gasteiger partial charge in [-0.3, -0.25) is 10.1 Å². The summed E-state index contributed by atoms with van der Waals surface area (Å²) >= 11 is 0. The van der Waals surface area contributed by atoms with Crippen LogP contribution in [0.1, 0.15) is 11.1 Å². The minimum atomic E-state index is -0.547. The summed E-state index contributed by atoms with van der Waals surface area (Å²) in [5.41, 5.74) is 0.573. The van der Waals surface area contributed by atoms with Crippen molar-refractivity contribution in [3.05, 3.63) is 63.7 Å². The summed E-state index contributed by atoms with van der Waals surface area (Å²) in [6.07, 6.45) is 0.107. The lowest BCUT2D eigenvalue weighted by Gasteiger charge is -2.07. The van der Waals surface area contributed by atoms with E-state index in [4.69, 9.17) is 0 Å². The van der Waals surface area contributed by atoms with Crippen LogP contribution in [0.15, 0.2) is 42.5 Å². The second kappa shape index (κ2) is 4.75. The van der Waals surface area contributed by atoms with Crippen molar-refractivity contribution in [2.75, 3.05) is 0 Å². The number of benzene rings is 2. The highest BCUT2D eigenvalue weighted by Crippen LogP contribution is 2.31. The van der Waals surface area contributed by atoms with E-state index in [1.54, 1.807) is 18.2 Å². The Hall–Kier alpha value is -2.56. The maximum absolute atomic E-state index is 10.9. The van der Waals surface area contributed by atoms with Crippen LogP contribution in [0.25, 0.3) is 0 Å². The van der Waals surface area contributed by atoms with Gasteiger partial charge in [0.15, 0.2) is 0 Å². The Morgan fingerprint density at radius 1 is 1.00 bits per heavy atom. The average molecular weight is 245 g/mol. The SMILES string of the molecule is O=[N+]([O-])c1cccc(O)c1Cc1ccccc1O. The third kappa shape index (κ3) is 2.24. The van der Waals surface area contributed by atoms with Gasteiger partial charge in [0.25, 0.3) is 5.69 Å². The number of rotatable bonds is 3. The molecular formula is C13H11NO4. The fourth-order valence-electron chi connectivity index (χ4n) is 1.77. The first-order valence-electron chi connectivity index (χ1n) is 5.31. The molecule has 0 fully saturated rings. The van der Waals surface area contributed by atoms with Crippen LogP contribution in [0.5, 0.6) is 11.5 Å². The highest BCUT2D eigenvalue weighted by atomic mass is 16.6. The van der Waals surface area contributed by atoms with Crippen LogP contribution in [0, 0.1) is 10.1 Å². The minimum Gasteiger partial charge on any atom is -0.508 e. The van der Waals surface area contributed by atoms with Crippen molar-refractivity contribution in [3.8, 4) is 11.5 Å². The van der Waals surface area contributed by atoms with Gasteiger partial charge in [-0.1, -0.05) is 24.3 Å². The van der Waals surface area contributed by atoms with Crippen molar-refractivity contribution in [2.45, 2.75) is 6.42 Å². The van der Waals surface area contributed by atoms with Gasteiger partial charge in [-0.05, 0) is 17.7 Å². The number of nitro benzene ring substituents is 1. The Kier molecular flexibility index (Phi) is 3.14. The Labute approximate surface area is 103 Å². The van der Waals surface area contributed by atoms with Crippen molar-refractivity contribution >= 4 is 5.69 Å². The Morgan fingerprint density at radius 3 is 2.33 bits per heavy atom. The number of para-hydroxylation sites is 1. The van der Waals surface area contributed by atoms with Crippen molar-refractivity contribution in [1.82, 2.24) is 0 Å². The summed E-state index contributed by atoms with van der Waals surface area (Å²) < 4.78 is 0. The van der Waals surface area contributed by atoms with Crippen LogP contribution in [0.3, 0.4) is 0 Å². The summed E-state index contributed by atoms with van der Waals surface area (Å²) in [6.45, 7) is 0. The van der Waals surface area contributed by atoms with E-state index < -0.39 is 4.92 Å². The molecule has 0 radical (unpaired) electrons. The van der Waals surface area contributed by atoms with Gasteiger partial charge in [0.05, 0.1) is 10.5 Å². The molecule has 0 saturated carbocycles. The molecule has 0 aliphatic heterocycles. The molecule has 18 heavy (non-hydrogen) atoms. The van der Waals surface area contributed by atoms with E-state index in [1.807, 2.05) is 0 Å². The van der Waals surface area contributed by atoms with Gasteiger partial charge in [0.2, 0.25) is 0 Å². The van der Waals surface area contributed by atoms with E-state index in [1.165, 1.54) is 24.3 Å². The molecule has 0 aliphatic carbocycles. The first-order valence-corrected chi connectivity index (χ1v) is 5.31. The van der Waals surface area contributed by atoms with E-state index in [9.17, 15) is 20.3 Å². The highest BCUT2D eigenvalue weighted by Gasteiger charge is 2.18. The number of hydrogen-bond acceptors (Lipinski definition) is 4. The van der Waals surface area contributed by atoms with E-state index >= 15 is 0 Å². The lowest BCUT2D eigenvalue weighted by atomic mass is 10.0. The van der Waals surface area contributed by atoms with E-state index in [-0.39, 0.29) is 29.2 Å². The molecule has 0 spiro atoms. The second-order valence-corrected chi connectivity index (χ2v) is 3.84. The van der Waals surface area contributed by atoms with Crippen LogP contribution >= 0.6 is 0 Å². The molecular weight excluding hydrogens is 234 g/mol. The van der Waals surface area contributed by atoms with Crippen molar-refractivity contribution < 1.29 is 15.1 Å². The molecule has 0 unspecified atom stereocenters. The summed E-state index contributed by atoms with van der Waals surface area (Å²) in [5.74, 6) is -0.0949. The molecule has 5 heteroatoms. The molecule has 0 aromatic heterocycles. The quantitative estimate of drug-likeness (QED) is 0.643. The van der Waals surface area contributed by atoms with E-state index in [0.717, 1.165) is 0 Å². The normalized spacial score (nSPS) is 10.2. The largest absolute Gasteiger partial charge is 0.508 e. The van der Waals surface area contributed by atoms with Crippen molar-refractivity contribution in [3.63, 3.8) is 0 Å². The minimum absolute atomic E-state index is 0.0510. The predicted octanol–water partition coefficient (Wildman–Crippen LogP) is 2.60. The molecule has 5 nitrogen and oxygen atoms in total. The molecule has 2 rings (SSSR count). The Bertz CT molecular complexity index is 595. The lowest BCUT2D eigenvalue weighted by molar-refractivity contribution is -0.385. The fourth-order valence-corrected chi connectivity index (χ4v) is 1.77. The van der Waals surface area contributed by atoms with Gasteiger partial charge in [0, 0.05) is 12.5 Å². The zero-order chi connectivity index (χ0) is 13.1. The third-order valence-corrected chi connectivity index (χ3v) is 2.68. The molecule has 0 amide bonds. The molecule has 0 heterocycles. The second-order valence-electron chi connectivity index (χ2n) is 3.84. The van der Waals surface area contributed by atoms with Crippen LogP contribution in [-0.2, 0) is 6.42 Å². The number of phenolic OH excluding ortho intramolecular Hbond substituents is 2. The molecule has 2 aromatic rings. The zero-order valence-electron chi connectivity index (χ0n) is 9.41. The molecule has 0 saturated heterocycles. The Morgan fingerprint density at radius 2 is 1.67 bits per heavy atom. The smallest absolute Gasteiger partial charge is 0.276 e. The van der Waals surface area contributed by atoms with Crippen LogP contribution in [0.2, 0.25) is 0 Å². The molecule has 0 bridgehead atoms. The van der Waals surface area contributed by atoms with Gasteiger partial charge >= 0.3 is 0 Å². The van der Waals surface area contributed by atoms with Gasteiger partial charge in [-0.15, -0.1) is 0 Å². The van der Waals surface area contributed by atoms with Crippen molar-refractivity contribution in [2.24, 2.45) is 0 Å². The summed E-state index contributed by atoms with van der Waals surface area (Å²) in [6, 6.07) is 10.7. The van der Waals surface area contributed by atoms with E-state index in [2.05, 4.69) is 0 Å². The molecule has 92 valence electrons. The molecule has 0 aliphatic rings. The van der Waals surface area contributed by atoms with Gasteiger partial charge in [-0.2, -0.15) is 0 Å². The standard InChI is InChI=1S/C13H11NO4/c15-12-6-2-1-4-9(12)8-10-11(14(17)18)5-3-7-13(10)16/h1-7,15-16H,8H2. The summed E-state index contributed by atoms with van der Waals surface area (Å²) in [7, 11) is 0. The average Bonchev–Trinajstić information content (AvgIpc) is 2.34. The fraction of sp³-hybridized carbons (Fsp3) is 0.0769. The molecule has 0 atom stereocenters. The maximum atomic E-state index is 10.9. The van der Waals surface area contributed by atoms with Crippen LogP contribution < -0.4 is 0 Å². The van der Waals surface area contributed by atoms with E-state index in [0.29, 0.717) is 5.56 Å². The van der Waals surface area contributed by atoms with Gasteiger partial charge in [0.1, 0.15) is 11.5 Å². The van der Waals surface area contributed by atoms with Crippen molar-refractivity contribution in [1.29, 1.82) is 0 Å². The number of nitrogens with zero attached hydrogens (tertiary/aromatic N) is 1. The predicted molar refractivity (Wildman–Crippen MR) is 65.7 cm³/mol. The van der Waals surface area contributed by atoms with Crippen LogP contribution in [-0.4, -0.2) is 15.1 Å². The summed E-state index contributed by atoms with van der Waals surface area (Å²) in [5, 5.41) is 30.2. The topological polar surface area (TPSA) is 83.6 Å². The Balaban J connectivity index is 2.46. The zero-order valence-corrected chi connectivity index (χ0v) is 9.41. The number of phenols is 2. The monoisotopic (exact) mass is 245 g/mol. The third-order valence-electron chi connectivity index (χ3n) is 2.68. The van der Waals surface area contributed by atoms with Crippen LogP contribution in [0.4, 0.5) is 5.69 Å². The molecule has 2 N–H and O–H groups in total. The number of nitro groups is 1. The first kappa shape index (κ1) is 11.9. The molecule has 2 aromatic carbocycles. The number of aromatic hydroxyl groups is 2. The van der Waals surface area contributed by atoms with Gasteiger partial charge < -0.3 is 10.2 Å². The highest BCUT2D eigenvalue weighted by molar-refractivity contribution is 5.52.